The van der Waals surface area contributed by atoms with Crippen LogP contribution in [0.1, 0.15) is 29.5 Å². The van der Waals surface area contributed by atoms with Gasteiger partial charge in [0.25, 0.3) is 0 Å². The molecule has 3 rings (SSSR count). The summed E-state index contributed by atoms with van der Waals surface area (Å²) in [7, 11) is -2.61. The van der Waals surface area contributed by atoms with Gasteiger partial charge in [0.15, 0.2) is 0 Å². The second-order valence-electron chi connectivity index (χ2n) is 7.79. The lowest BCUT2D eigenvalue weighted by Crippen LogP contribution is -2.43. The number of carbonyl (C=O) groups excluding carboxylic acids is 1. The van der Waals surface area contributed by atoms with Gasteiger partial charge in [-0.2, -0.15) is 17.5 Å². The molecule has 0 saturated carbocycles. The first-order chi connectivity index (χ1) is 14.5. The number of nitrogens with zero attached hydrogens (tertiary/aromatic N) is 2. The third-order valence-corrected chi connectivity index (χ3v) is 7.62. The largest absolute Gasteiger partial charge is 0.417 e. The first kappa shape index (κ1) is 23.3. The highest BCUT2D eigenvalue weighted by Gasteiger charge is 2.40. The fourth-order valence-corrected chi connectivity index (χ4v) is 5.52. The summed E-state index contributed by atoms with van der Waals surface area (Å²) < 4.78 is 66.6. The molecule has 168 valence electrons. The van der Waals surface area contributed by atoms with E-state index >= 15 is 0 Å². The van der Waals surface area contributed by atoms with Gasteiger partial charge < -0.3 is 4.90 Å². The number of rotatable bonds is 5. The van der Waals surface area contributed by atoms with Crippen molar-refractivity contribution < 1.29 is 26.4 Å². The van der Waals surface area contributed by atoms with Crippen LogP contribution in [0.15, 0.2) is 53.4 Å². The zero-order valence-corrected chi connectivity index (χ0v) is 18.2. The van der Waals surface area contributed by atoms with E-state index in [1.54, 1.807) is 11.9 Å². The Hall–Kier alpha value is -2.39. The highest BCUT2D eigenvalue weighted by molar-refractivity contribution is 7.89. The highest BCUT2D eigenvalue weighted by Crippen LogP contribution is 2.36. The average molecular weight is 455 g/mol. The first-order valence-corrected chi connectivity index (χ1v) is 11.4. The molecule has 9 heteroatoms. The second kappa shape index (κ2) is 9.00. The number of aryl methyl sites for hydroxylation is 1. The summed E-state index contributed by atoms with van der Waals surface area (Å²) in [6.07, 6.45) is -4.23. The molecule has 1 saturated heterocycles. The lowest BCUT2D eigenvalue weighted by molar-refractivity contribution is -0.140. The Morgan fingerprint density at radius 1 is 1.06 bits per heavy atom. The van der Waals surface area contributed by atoms with Crippen molar-refractivity contribution in [2.75, 3.05) is 20.1 Å². The van der Waals surface area contributed by atoms with Crippen LogP contribution in [0.3, 0.4) is 0 Å². The minimum atomic E-state index is -4.77. The van der Waals surface area contributed by atoms with Crippen LogP contribution in [0, 0.1) is 12.8 Å². The minimum Gasteiger partial charge on any atom is -0.341 e. The van der Waals surface area contributed by atoms with Gasteiger partial charge in [-0.25, -0.2) is 8.42 Å². The van der Waals surface area contributed by atoms with Gasteiger partial charge in [0, 0.05) is 32.6 Å². The van der Waals surface area contributed by atoms with Crippen LogP contribution in [0.5, 0.6) is 0 Å². The van der Waals surface area contributed by atoms with E-state index in [9.17, 15) is 26.4 Å². The molecule has 1 heterocycles. The van der Waals surface area contributed by atoms with Crippen molar-refractivity contribution in [2.24, 2.45) is 5.92 Å². The second-order valence-corrected chi connectivity index (χ2v) is 9.70. The maximum atomic E-state index is 13.3. The lowest BCUT2D eigenvalue weighted by Gasteiger charge is -2.33. The minimum absolute atomic E-state index is 0.00311. The Morgan fingerprint density at radius 2 is 1.65 bits per heavy atom. The van der Waals surface area contributed by atoms with Crippen molar-refractivity contribution in [1.82, 2.24) is 9.21 Å². The number of halogens is 3. The molecule has 0 unspecified atom stereocenters. The molecule has 0 spiro atoms. The summed E-state index contributed by atoms with van der Waals surface area (Å²) in [5.74, 6) is -0.450. The van der Waals surface area contributed by atoms with Crippen LogP contribution in [-0.2, 0) is 27.5 Å². The van der Waals surface area contributed by atoms with Crippen molar-refractivity contribution in [2.45, 2.75) is 37.4 Å². The third kappa shape index (κ3) is 5.10. The molecule has 5 nitrogen and oxygen atoms in total. The number of hydrogen-bond donors (Lipinski definition) is 0. The van der Waals surface area contributed by atoms with Gasteiger partial charge in [-0.1, -0.05) is 36.4 Å². The quantitative estimate of drug-likeness (QED) is 0.684. The Labute approximate surface area is 180 Å². The van der Waals surface area contributed by atoms with Crippen LogP contribution in [0.4, 0.5) is 13.2 Å². The maximum absolute atomic E-state index is 13.3. The number of carbonyl (C=O) groups is 1. The van der Waals surface area contributed by atoms with Crippen LogP contribution < -0.4 is 0 Å². The monoisotopic (exact) mass is 454 g/mol. The Bertz CT molecular complexity index is 1050. The van der Waals surface area contributed by atoms with Gasteiger partial charge in [0.05, 0.1) is 10.5 Å². The van der Waals surface area contributed by atoms with Crippen molar-refractivity contribution in [3.63, 3.8) is 0 Å². The molecule has 1 amide bonds. The van der Waals surface area contributed by atoms with Crippen molar-refractivity contribution in [3.8, 4) is 0 Å². The molecule has 1 aliphatic heterocycles. The maximum Gasteiger partial charge on any atom is 0.417 e. The van der Waals surface area contributed by atoms with Gasteiger partial charge in [-0.15, -0.1) is 0 Å². The number of hydrogen-bond acceptors (Lipinski definition) is 3. The summed E-state index contributed by atoms with van der Waals surface area (Å²) in [4.78, 5) is 13.7. The molecule has 0 atom stereocenters. The molecule has 1 fully saturated rings. The standard InChI is InChI=1S/C22H25F3N2O3S/c1-16-7-3-4-8-18(16)15-26(2)21(28)17-11-13-27(14-12-17)31(29,30)20-10-6-5-9-19(20)22(23,24)25/h3-10,17H,11-15H2,1-2H3. The summed E-state index contributed by atoms with van der Waals surface area (Å²) >= 11 is 0. The fraction of sp³-hybridized carbons (Fsp3) is 0.409. The molecule has 1 aliphatic rings. The van der Waals surface area contributed by atoms with E-state index in [-0.39, 0.29) is 37.8 Å². The molecule has 31 heavy (non-hydrogen) atoms. The van der Waals surface area contributed by atoms with Gasteiger partial charge in [0.2, 0.25) is 15.9 Å². The summed E-state index contributed by atoms with van der Waals surface area (Å²) in [5.41, 5.74) is 0.930. The number of alkyl halides is 3. The zero-order chi connectivity index (χ0) is 22.8. The molecule has 2 aromatic carbocycles. The van der Waals surface area contributed by atoms with Gasteiger partial charge in [0.1, 0.15) is 0 Å². The Kier molecular flexibility index (Phi) is 6.76. The highest BCUT2D eigenvalue weighted by atomic mass is 32.2. The van der Waals surface area contributed by atoms with E-state index in [1.165, 1.54) is 6.07 Å². The van der Waals surface area contributed by atoms with E-state index in [4.69, 9.17) is 0 Å². The van der Waals surface area contributed by atoms with Crippen LogP contribution in [-0.4, -0.2) is 43.7 Å². The number of benzene rings is 2. The van der Waals surface area contributed by atoms with Crippen molar-refractivity contribution in [3.05, 3.63) is 65.2 Å². The molecular formula is C22H25F3N2O3S. The summed E-state index contributed by atoms with van der Waals surface area (Å²) in [5, 5.41) is 0. The van der Waals surface area contributed by atoms with E-state index < -0.39 is 26.7 Å². The van der Waals surface area contributed by atoms with Crippen LogP contribution >= 0.6 is 0 Å². The molecule has 0 aromatic heterocycles. The fourth-order valence-electron chi connectivity index (χ4n) is 3.84. The SMILES string of the molecule is Cc1ccccc1CN(C)C(=O)C1CCN(S(=O)(=O)c2ccccc2C(F)(F)F)CC1. The summed E-state index contributed by atoms with van der Waals surface area (Å²) in [6.45, 7) is 2.42. The van der Waals surface area contributed by atoms with Crippen molar-refractivity contribution >= 4 is 15.9 Å². The van der Waals surface area contributed by atoms with Crippen molar-refractivity contribution in [1.29, 1.82) is 0 Å². The molecule has 0 radical (unpaired) electrons. The topological polar surface area (TPSA) is 57.7 Å². The van der Waals surface area contributed by atoms with E-state index in [1.807, 2.05) is 31.2 Å². The molecule has 2 aromatic rings. The molecule has 0 aliphatic carbocycles. The Morgan fingerprint density at radius 3 is 2.26 bits per heavy atom. The normalized spacial score (nSPS) is 16.3. The smallest absolute Gasteiger partial charge is 0.341 e. The van der Waals surface area contributed by atoms with E-state index in [0.717, 1.165) is 33.6 Å². The summed E-state index contributed by atoms with van der Waals surface area (Å²) in [6, 6.07) is 11.9. The molecule has 0 bridgehead atoms. The first-order valence-electron chi connectivity index (χ1n) is 9.97. The number of sulfonamides is 1. The van der Waals surface area contributed by atoms with E-state index in [0.29, 0.717) is 6.54 Å². The number of amides is 1. The van der Waals surface area contributed by atoms with Gasteiger partial charge in [-0.05, 0) is 43.0 Å². The van der Waals surface area contributed by atoms with Gasteiger partial charge in [-0.3, -0.25) is 4.79 Å². The lowest BCUT2D eigenvalue weighted by atomic mass is 9.96. The molecule has 0 N–H and O–H groups in total. The zero-order valence-electron chi connectivity index (χ0n) is 17.4. The van der Waals surface area contributed by atoms with Gasteiger partial charge >= 0.3 is 6.18 Å². The average Bonchev–Trinajstić information content (AvgIpc) is 2.74. The molecular weight excluding hydrogens is 429 g/mol. The van der Waals surface area contributed by atoms with Crippen LogP contribution in [0.2, 0.25) is 0 Å². The number of piperidine rings is 1. The predicted octanol–water partition coefficient (Wildman–Crippen LogP) is 4.07. The van der Waals surface area contributed by atoms with E-state index in [2.05, 4.69) is 0 Å². The third-order valence-electron chi connectivity index (χ3n) is 5.66. The van der Waals surface area contributed by atoms with Crippen LogP contribution in [0.25, 0.3) is 0 Å². The Balaban J connectivity index is 1.68. The predicted molar refractivity (Wildman–Crippen MR) is 111 cm³/mol.